The Morgan fingerprint density at radius 1 is 1.12 bits per heavy atom. The zero-order valence-electron chi connectivity index (χ0n) is 26.5. The number of nitrogens with one attached hydrogen (secondary N) is 1. The number of carbonyl (C=O) groups is 1. The van der Waals surface area contributed by atoms with Crippen molar-refractivity contribution in [3.8, 4) is 11.3 Å². The number of fused-ring (bicyclic) bond motifs is 1. The number of pyridine rings is 1. The maximum atomic E-state index is 14.5. The molecule has 3 N–H and O–H groups in total. The molecule has 3 aromatic rings. The molecule has 4 rings (SSSR count). The Kier molecular flexibility index (Phi) is 17.6. The predicted octanol–water partition coefficient (Wildman–Crippen LogP) is 7.59. The monoisotopic (exact) mass is 635 g/mol. The molecule has 2 aromatic heterocycles. The Balaban J connectivity index is 0.000000488. The van der Waals surface area contributed by atoms with Gasteiger partial charge in [0.05, 0.1) is 29.3 Å². The number of oxazole rings is 1. The first-order valence-electron chi connectivity index (χ1n) is 15.4. The van der Waals surface area contributed by atoms with Gasteiger partial charge in [0.2, 0.25) is 0 Å². The zero-order chi connectivity index (χ0) is 31.1. The van der Waals surface area contributed by atoms with E-state index in [2.05, 4.69) is 21.8 Å². The number of aryl methyl sites for hydroxylation is 2. The van der Waals surface area contributed by atoms with Gasteiger partial charge in [0, 0.05) is 68.1 Å². The summed E-state index contributed by atoms with van der Waals surface area (Å²) < 4.78 is 20.2. The Morgan fingerprint density at radius 2 is 1.79 bits per heavy atom. The quantitative estimate of drug-likeness (QED) is 0.106. The number of Topliss-reactive ketones (excluding diaryl/α,β-unsaturated/α-hetero) is 1. The van der Waals surface area contributed by atoms with Crippen molar-refractivity contribution in [3.05, 3.63) is 47.9 Å². The maximum absolute atomic E-state index is 14.5. The van der Waals surface area contributed by atoms with Gasteiger partial charge < -0.3 is 19.5 Å². The molecule has 1 radical (unpaired) electrons. The third kappa shape index (κ3) is 12.9. The summed E-state index contributed by atoms with van der Waals surface area (Å²) in [7, 11) is 0. The van der Waals surface area contributed by atoms with Crippen molar-refractivity contribution in [1.29, 1.82) is 5.41 Å². The molecule has 0 aliphatic carbocycles. The van der Waals surface area contributed by atoms with E-state index in [0.717, 1.165) is 62.8 Å². The van der Waals surface area contributed by atoms with Crippen LogP contribution in [0.4, 0.5) is 4.39 Å². The van der Waals surface area contributed by atoms with E-state index < -0.39 is 11.5 Å². The van der Waals surface area contributed by atoms with Gasteiger partial charge in [-0.3, -0.25) is 15.2 Å². The van der Waals surface area contributed by atoms with E-state index in [0.29, 0.717) is 54.2 Å². The van der Waals surface area contributed by atoms with E-state index in [1.165, 1.54) is 6.07 Å². The van der Waals surface area contributed by atoms with Crippen molar-refractivity contribution in [3.63, 3.8) is 0 Å². The van der Waals surface area contributed by atoms with Gasteiger partial charge in [-0.15, -0.1) is 0 Å². The number of nitrogens with zero attached hydrogens (tertiary/aromatic N) is 3. The second-order valence-corrected chi connectivity index (χ2v) is 10.7. The van der Waals surface area contributed by atoms with Gasteiger partial charge >= 0.3 is 0 Å². The summed E-state index contributed by atoms with van der Waals surface area (Å²) in [6.07, 6.45) is 8.98. The summed E-state index contributed by atoms with van der Waals surface area (Å²) in [5, 5.41) is 26.5. The van der Waals surface area contributed by atoms with Gasteiger partial charge in [-0.1, -0.05) is 46.6 Å². The van der Waals surface area contributed by atoms with Crippen LogP contribution in [0.5, 0.6) is 0 Å². The Morgan fingerprint density at radius 3 is 2.42 bits per heavy atom. The molecule has 0 unspecified atom stereocenters. The number of hydrogen-bond donors (Lipinski definition) is 3. The first kappa shape index (κ1) is 38.4. The summed E-state index contributed by atoms with van der Waals surface area (Å²) in [4.78, 5) is 22.2. The van der Waals surface area contributed by atoms with Crippen molar-refractivity contribution < 1.29 is 42.4 Å². The van der Waals surface area contributed by atoms with Crippen molar-refractivity contribution in [2.45, 2.75) is 104 Å². The molecule has 0 amide bonds. The molecule has 8 nitrogen and oxygen atoms in total. The molecule has 43 heavy (non-hydrogen) atoms. The molecule has 1 aliphatic heterocycles. The largest absolute Gasteiger partial charge is 0.497 e. The van der Waals surface area contributed by atoms with Crippen LogP contribution in [-0.2, 0) is 29.8 Å². The Bertz CT molecular complexity index is 1280. The number of likely N-dealkylation sites (tertiary alicyclic amines) is 1. The van der Waals surface area contributed by atoms with Crippen molar-refractivity contribution in [1.82, 2.24) is 14.9 Å². The van der Waals surface area contributed by atoms with Crippen LogP contribution in [-0.4, -0.2) is 62.0 Å². The number of halogens is 1. The van der Waals surface area contributed by atoms with E-state index in [9.17, 15) is 14.3 Å². The summed E-state index contributed by atoms with van der Waals surface area (Å²) in [5.41, 5.74) is 1.07. The van der Waals surface area contributed by atoms with E-state index in [4.69, 9.17) is 14.9 Å². The molecule has 0 bridgehead atoms. The number of aliphatic hydroxyl groups excluding tert-OH is 1. The van der Waals surface area contributed by atoms with E-state index in [1.807, 2.05) is 39.8 Å². The first-order valence-corrected chi connectivity index (χ1v) is 15.4. The third-order valence-electron chi connectivity index (χ3n) is 7.46. The number of piperidine rings is 1. The second-order valence-electron chi connectivity index (χ2n) is 10.7. The minimum absolute atomic E-state index is 0. The number of ketones is 1. The molecular weight excluding hydrogens is 586 g/mol. The van der Waals surface area contributed by atoms with E-state index >= 15 is 0 Å². The molecule has 0 saturated carbocycles. The van der Waals surface area contributed by atoms with Crippen LogP contribution < -0.4 is 0 Å². The molecule has 237 valence electrons. The Labute approximate surface area is 267 Å². The van der Waals surface area contributed by atoms with Crippen molar-refractivity contribution in [2.24, 2.45) is 0 Å². The van der Waals surface area contributed by atoms with Crippen LogP contribution in [0, 0.1) is 18.2 Å². The molecule has 0 spiro atoms. The van der Waals surface area contributed by atoms with Crippen LogP contribution in [0.2, 0.25) is 0 Å². The van der Waals surface area contributed by atoms with Crippen LogP contribution in [0.1, 0.15) is 97.1 Å². The molecule has 1 saturated heterocycles. The second kappa shape index (κ2) is 19.6. The zero-order valence-corrected chi connectivity index (χ0v) is 27.9. The molecule has 1 fully saturated rings. The number of benzene rings is 1. The van der Waals surface area contributed by atoms with Crippen LogP contribution in [0.15, 0.2) is 34.9 Å². The van der Waals surface area contributed by atoms with Crippen LogP contribution in [0.25, 0.3) is 22.2 Å². The van der Waals surface area contributed by atoms with E-state index in [-0.39, 0.29) is 30.8 Å². The minimum atomic E-state index is -0.836. The number of hydrogen-bond acceptors (Lipinski definition) is 7. The molecule has 1 aromatic carbocycles. The third-order valence-corrected chi connectivity index (χ3v) is 7.46. The van der Waals surface area contributed by atoms with Gasteiger partial charge in [0.1, 0.15) is 11.6 Å². The summed E-state index contributed by atoms with van der Waals surface area (Å²) in [5.74, 6) is 0.626. The number of rotatable bonds is 12. The fourth-order valence-corrected chi connectivity index (χ4v) is 4.89. The summed E-state index contributed by atoms with van der Waals surface area (Å²) in [6.45, 7) is 12.6. The normalized spacial score (nSPS) is 14.1. The van der Waals surface area contributed by atoms with Crippen molar-refractivity contribution >= 4 is 22.6 Å². The summed E-state index contributed by atoms with van der Waals surface area (Å²) >= 11 is 0. The standard InChI is InChI=1S/C22H25FN2O2.C9H18N2O2.C2H6.V/c1-3-17(26)8-6-4-5-7-9-22-24-14-21(27-22)18-12-16-11-10-15(2)25-20(16)13-19(18)23;1-2-11-5-3-9(13,4-6-11)7-8(10)12;1-2;/h10-14H,3-9H2,1-2H3;13H,2-7H2,1H3,(H2,10,12);1-2H3;. The number of unbranched alkanes of at least 4 members (excludes halogenated alkanes) is 3. The van der Waals surface area contributed by atoms with Crippen LogP contribution in [0.3, 0.4) is 0 Å². The van der Waals surface area contributed by atoms with Crippen LogP contribution >= 0.6 is 0 Å². The molecular formula is C33H49FN4O4V. The van der Waals surface area contributed by atoms with Gasteiger partial charge in [-0.05, 0) is 51.3 Å². The summed E-state index contributed by atoms with van der Waals surface area (Å²) in [6, 6.07) is 7.04. The van der Waals surface area contributed by atoms with Gasteiger partial charge in [-0.2, -0.15) is 0 Å². The van der Waals surface area contributed by atoms with Gasteiger partial charge in [-0.25, -0.2) is 9.37 Å². The molecule has 3 heterocycles. The first-order chi connectivity index (χ1) is 20.1. The number of aromatic nitrogens is 2. The minimum Gasteiger partial charge on any atom is -0.497 e. The predicted molar refractivity (Wildman–Crippen MR) is 167 cm³/mol. The SMILES string of the molecule is CC.CCC(=O)CCCCCCc1ncc(-c2cc3ccc(C)nc3cc2F)o1.CCN1CCC(O)(CC(=N)O)CC1.[V]. The topological polar surface area (TPSA) is 124 Å². The van der Waals surface area contributed by atoms with Gasteiger partial charge in [0.25, 0.3) is 0 Å². The number of aliphatic hydroxyl groups is 2. The fraction of sp³-hybridized carbons (Fsp3) is 0.576. The van der Waals surface area contributed by atoms with Crippen molar-refractivity contribution in [2.75, 3.05) is 19.6 Å². The molecule has 10 heteroatoms. The smallest absolute Gasteiger partial charge is 0.194 e. The van der Waals surface area contributed by atoms with E-state index in [1.54, 1.807) is 12.3 Å². The fourth-order valence-electron chi connectivity index (χ4n) is 4.89. The van der Waals surface area contributed by atoms with Gasteiger partial charge in [0.15, 0.2) is 17.5 Å². The molecule has 1 aliphatic rings. The maximum Gasteiger partial charge on any atom is 0.194 e. The average molecular weight is 636 g/mol. The Hall–Kier alpha value is -2.59. The number of carbonyl (C=O) groups excluding carboxylic acids is 1. The average Bonchev–Trinajstić information content (AvgIpc) is 3.44. The molecule has 0 atom stereocenters.